The Balaban J connectivity index is 2.42. The van der Waals surface area contributed by atoms with Gasteiger partial charge < -0.3 is 4.74 Å². The van der Waals surface area contributed by atoms with Crippen LogP contribution in [0, 0.1) is 6.92 Å². The van der Waals surface area contributed by atoms with E-state index in [0.717, 1.165) is 17.0 Å². The van der Waals surface area contributed by atoms with Gasteiger partial charge in [0, 0.05) is 11.8 Å². The van der Waals surface area contributed by atoms with Gasteiger partial charge in [-0.3, -0.25) is 5.84 Å². The predicted octanol–water partition coefficient (Wildman–Crippen LogP) is 1.74. The Bertz CT molecular complexity index is 544. The topological polar surface area (TPSA) is 73.1 Å². The molecule has 0 aliphatic heterocycles. The largest absolute Gasteiger partial charge is 0.494 e. The van der Waals surface area contributed by atoms with Gasteiger partial charge in [0.1, 0.15) is 11.6 Å². The van der Waals surface area contributed by atoms with Crippen molar-refractivity contribution in [3.05, 3.63) is 53.6 Å². The van der Waals surface area contributed by atoms with Crippen molar-refractivity contribution in [1.29, 1.82) is 0 Å². The van der Waals surface area contributed by atoms with Gasteiger partial charge in [-0.25, -0.2) is 15.4 Å². The zero-order valence-corrected chi connectivity index (χ0v) is 11.1. The van der Waals surface area contributed by atoms with Gasteiger partial charge in [-0.1, -0.05) is 18.2 Å². The summed E-state index contributed by atoms with van der Waals surface area (Å²) in [6, 6.07) is 9.43. The van der Waals surface area contributed by atoms with Crippen LogP contribution in [0.1, 0.15) is 30.0 Å². The fourth-order valence-corrected chi connectivity index (χ4v) is 1.98. The normalized spacial score (nSPS) is 12.2. The van der Waals surface area contributed by atoms with E-state index in [9.17, 15) is 0 Å². The molecule has 0 fully saturated rings. The minimum Gasteiger partial charge on any atom is -0.494 e. The molecule has 1 heterocycles. The highest BCUT2D eigenvalue weighted by Crippen LogP contribution is 2.28. The molecule has 0 amide bonds. The molecule has 0 radical (unpaired) electrons. The lowest BCUT2D eigenvalue weighted by Crippen LogP contribution is -2.30. The Morgan fingerprint density at radius 1 is 1.32 bits per heavy atom. The Labute approximate surface area is 112 Å². The first-order valence-electron chi connectivity index (χ1n) is 6.23. The van der Waals surface area contributed by atoms with E-state index < -0.39 is 0 Å². The van der Waals surface area contributed by atoms with Crippen molar-refractivity contribution in [3.63, 3.8) is 0 Å². The summed E-state index contributed by atoms with van der Waals surface area (Å²) in [5.74, 6) is 7.21. The number of nitrogens with zero attached hydrogens (tertiary/aromatic N) is 2. The molecule has 2 rings (SSSR count). The van der Waals surface area contributed by atoms with Crippen molar-refractivity contribution in [2.45, 2.75) is 19.9 Å². The molecular formula is C14H18N4O. The summed E-state index contributed by atoms with van der Waals surface area (Å²) < 4.78 is 5.63. The van der Waals surface area contributed by atoms with Gasteiger partial charge in [0.05, 0.1) is 18.3 Å². The number of aromatic nitrogens is 2. The standard InChI is InChI=1S/C14H18N4O/c1-3-19-13-7-5-4-6-11(13)14(18-15)12-8-9-16-10(2)17-12/h4-9,14,18H,3,15H2,1-2H3. The van der Waals surface area contributed by atoms with Crippen molar-refractivity contribution in [2.75, 3.05) is 6.61 Å². The highest BCUT2D eigenvalue weighted by molar-refractivity contribution is 5.39. The Morgan fingerprint density at radius 3 is 2.79 bits per heavy atom. The zero-order chi connectivity index (χ0) is 13.7. The predicted molar refractivity (Wildman–Crippen MR) is 73.5 cm³/mol. The first kappa shape index (κ1) is 13.5. The van der Waals surface area contributed by atoms with Crippen LogP contribution in [0.3, 0.4) is 0 Å². The monoisotopic (exact) mass is 258 g/mol. The van der Waals surface area contributed by atoms with Crippen LogP contribution in [-0.2, 0) is 0 Å². The van der Waals surface area contributed by atoms with Crippen LogP contribution in [0.5, 0.6) is 5.75 Å². The van der Waals surface area contributed by atoms with E-state index in [2.05, 4.69) is 15.4 Å². The molecule has 1 unspecified atom stereocenters. The average molecular weight is 258 g/mol. The van der Waals surface area contributed by atoms with Gasteiger partial charge in [0.25, 0.3) is 0 Å². The third-order valence-electron chi connectivity index (χ3n) is 2.79. The number of nitrogens with one attached hydrogen (secondary N) is 1. The van der Waals surface area contributed by atoms with E-state index in [-0.39, 0.29) is 6.04 Å². The molecule has 2 aromatic rings. The maximum atomic E-state index is 5.69. The van der Waals surface area contributed by atoms with E-state index in [1.165, 1.54) is 0 Å². The molecule has 19 heavy (non-hydrogen) atoms. The van der Waals surface area contributed by atoms with E-state index in [1.54, 1.807) is 6.20 Å². The lowest BCUT2D eigenvalue weighted by molar-refractivity contribution is 0.333. The van der Waals surface area contributed by atoms with E-state index in [4.69, 9.17) is 10.6 Å². The molecule has 0 spiro atoms. The maximum absolute atomic E-state index is 5.69. The summed E-state index contributed by atoms with van der Waals surface area (Å²) in [5.41, 5.74) is 4.57. The van der Waals surface area contributed by atoms with Crippen molar-refractivity contribution in [3.8, 4) is 5.75 Å². The molecule has 1 aromatic carbocycles. The Kier molecular flexibility index (Phi) is 4.43. The van der Waals surface area contributed by atoms with Crippen molar-refractivity contribution < 1.29 is 4.74 Å². The fraction of sp³-hybridized carbons (Fsp3) is 0.286. The van der Waals surface area contributed by atoms with E-state index in [1.807, 2.05) is 44.2 Å². The number of ether oxygens (including phenoxy) is 1. The number of hydrogen-bond acceptors (Lipinski definition) is 5. The van der Waals surface area contributed by atoms with Crippen LogP contribution in [0.4, 0.5) is 0 Å². The van der Waals surface area contributed by atoms with Gasteiger partial charge in [-0.05, 0) is 26.0 Å². The third-order valence-corrected chi connectivity index (χ3v) is 2.79. The van der Waals surface area contributed by atoms with Crippen LogP contribution in [0.25, 0.3) is 0 Å². The molecule has 3 N–H and O–H groups in total. The van der Waals surface area contributed by atoms with Gasteiger partial charge in [0.15, 0.2) is 0 Å². The summed E-state index contributed by atoms with van der Waals surface area (Å²) in [5, 5.41) is 0. The molecule has 0 aliphatic carbocycles. The minimum absolute atomic E-state index is 0.218. The first-order valence-corrected chi connectivity index (χ1v) is 6.23. The molecule has 0 saturated heterocycles. The molecule has 0 aliphatic rings. The summed E-state index contributed by atoms with van der Waals surface area (Å²) in [4.78, 5) is 8.51. The number of nitrogens with two attached hydrogens (primary N) is 1. The second kappa shape index (κ2) is 6.26. The molecule has 0 saturated carbocycles. The number of para-hydroxylation sites is 1. The number of hydrazine groups is 1. The SMILES string of the molecule is CCOc1ccccc1C(NN)c1ccnc(C)n1. The quantitative estimate of drug-likeness (QED) is 0.631. The second-order valence-corrected chi connectivity index (χ2v) is 4.10. The minimum atomic E-state index is -0.218. The molecule has 100 valence electrons. The lowest BCUT2D eigenvalue weighted by atomic mass is 10.0. The molecule has 1 atom stereocenters. The summed E-state index contributed by atoms with van der Waals surface area (Å²) in [6.45, 7) is 4.42. The van der Waals surface area contributed by atoms with E-state index in [0.29, 0.717) is 12.4 Å². The van der Waals surface area contributed by atoms with Crippen LogP contribution in [0.2, 0.25) is 0 Å². The van der Waals surface area contributed by atoms with Crippen LogP contribution >= 0.6 is 0 Å². The lowest BCUT2D eigenvalue weighted by Gasteiger charge is -2.19. The average Bonchev–Trinajstić information content (AvgIpc) is 2.42. The highest BCUT2D eigenvalue weighted by Gasteiger charge is 2.18. The second-order valence-electron chi connectivity index (χ2n) is 4.10. The van der Waals surface area contributed by atoms with Crippen LogP contribution < -0.4 is 16.0 Å². The zero-order valence-electron chi connectivity index (χ0n) is 11.1. The first-order chi connectivity index (χ1) is 9.26. The van der Waals surface area contributed by atoms with Crippen molar-refractivity contribution >= 4 is 0 Å². The van der Waals surface area contributed by atoms with Gasteiger partial charge in [0.2, 0.25) is 0 Å². The maximum Gasteiger partial charge on any atom is 0.125 e. The Hall–Kier alpha value is -1.98. The molecule has 1 aromatic heterocycles. The highest BCUT2D eigenvalue weighted by atomic mass is 16.5. The smallest absolute Gasteiger partial charge is 0.125 e. The molecule has 5 nitrogen and oxygen atoms in total. The van der Waals surface area contributed by atoms with E-state index >= 15 is 0 Å². The summed E-state index contributed by atoms with van der Waals surface area (Å²) >= 11 is 0. The molecule has 0 bridgehead atoms. The number of rotatable bonds is 5. The van der Waals surface area contributed by atoms with Crippen molar-refractivity contribution in [2.24, 2.45) is 5.84 Å². The number of benzene rings is 1. The van der Waals surface area contributed by atoms with Crippen LogP contribution in [0.15, 0.2) is 36.5 Å². The summed E-state index contributed by atoms with van der Waals surface area (Å²) in [6.07, 6.45) is 1.73. The number of aryl methyl sites for hydroxylation is 1. The Morgan fingerprint density at radius 2 is 2.11 bits per heavy atom. The number of hydrogen-bond donors (Lipinski definition) is 2. The van der Waals surface area contributed by atoms with Gasteiger partial charge in [-0.15, -0.1) is 0 Å². The van der Waals surface area contributed by atoms with Gasteiger partial charge >= 0.3 is 0 Å². The fourth-order valence-electron chi connectivity index (χ4n) is 1.98. The summed E-state index contributed by atoms with van der Waals surface area (Å²) in [7, 11) is 0. The van der Waals surface area contributed by atoms with Crippen LogP contribution in [-0.4, -0.2) is 16.6 Å². The molecule has 5 heteroatoms. The molecular weight excluding hydrogens is 240 g/mol. The van der Waals surface area contributed by atoms with Gasteiger partial charge in [-0.2, -0.15) is 0 Å². The van der Waals surface area contributed by atoms with Crippen molar-refractivity contribution in [1.82, 2.24) is 15.4 Å². The third kappa shape index (κ3) is 3.07.